The molecule has 2 rings (SSSR count). The van der Waals surface area contributed by atoms with Gasteiger partial charge in [-0.05, 0) is 49.2 Å². The monoisotopic (exact) mass is 630 g/mol. The van der Waals surface area contributed by atoms with Crippen LogP contribution in [-0.2, 0) is 14.3 Å². The van der Waals surface area contributed by atoms with Gasteiger partial charge in [-0.3, -0.25) is 19.2 Å². The quantitative estimate of drug-likeness (QED) is 0.108. The first-order chi connectivity index (χ1) is 21.6. The molecule has 244 valence electrons. The number of ether oxygens (including phenoxy) is 5. The lowest BCUT2D eigenvalue weighted by atomic mass is 10.1. The van der Waals surface area contributed by atoms with Crippen LogP contribution in [0.4, 0.5) is 11.4 Å². The fourth-order valence-corrected chi connectivity index (χ4v) is 3.99. The molecule has 0 heterocycles. The maximum Gasteiger partial charge on any atom is 0.220 e. The minimum absolute atomic E-state index is 0.0500. The Hall–Kier alpha value is -4.92. The number of nitrogens with one attached hydrogen (secondary N) is 2. The summed E-state index contributed by atoms with van der Waals surface area (Å²) in [6.45, 7) is 4.07. The number of hydrogen-bond acceptors (Lipinski definition) is 13. The van der Waals surface area contributed by atoms with E-state index < -0.39 is 0 Å². The van der Waals surface area contributed by atoms with Crippen molar-refractivity contribution in [1.29, 1.82) is 0 Å². The standard InChI is InChI=1S/C30H38N4O11/c1-19(35)21-15-25(41-3)27(17-23(21)33-39)44-11-5-7-29(37)31-9-13-43-14-10-32-30(38)8-6-12-45-28-18-24(34-40)22(20(2)36)16-26(28)42-4/h15-18H,5-14H2,1-4H3,(H,31,37)(H,32,38). The highest BCUT2D eigenvalue weighted by molar-refractivity contribution is 6.00. The first-order valence-corrected chi connectivity index (χ1v) is 14.1. The van der Waals surface area contributed by atoms with Gasteiger partial charge in [0, 0.05) is 38.1 Å². The molecule has 2 aromatic rings. The first-order valence-electron chi connectivity index (χ1n) is 14.1. The molecule has 0 saturated heterocycles. The van der Waals surface area contributed by atoms with Gasteiger partial charge in [0.2, 0.25) is 11.8 Å². The Kier molecular flexibility index (Phi) is 15.6. The molecule has 0 aliphatic heterocycles. The normalized spacial score (nSPS) is 10.4. The molecule has 0 aliphatic carbocycles. The van der Waals surface area contributed by atoms with Crippen molar-refractivity contribution in [3.05, 3.63) is 45.2 Å². The van der Waals surface area contributed by atoms with Gasteiger partial charge in [-0.2, -0.15) is 0 Å². The average Bonchev–Trinajstić information content (AvgIpc) is 3.03. The summed E-state index contributed by atoms with van der Waals surface area (Å²) < 4.78 is 27.1. The van der Waals surface area contributed by atoms with Crippen molar-refractivity contribution in [3.8, 4) is 23.0 Å². The number of methoxy groups -OCH3 is 2. The zero-order valence-corrected chi connectivity index (χ0v) is 25.8. The summed E-state index contributed by atoms with van der Waals surface area (Å²) in [5.74, 6) is 0.00433. The van der Waals surface area contributed by atoms with Crippen LogP contribution >= 0.6 is 0 Å². The Morgan fingerprint density at radius 1 is 0.622 bits per heavy atom. The zero-order chi connectivity index (χ0) is 33.2. The molecule has 0 atom stereocenters. The predicted octanol–water partition coefficient (Wildman–Crippen LogP) is 4.17. The molecule has 2 aromatic carbocycles. The number of hydrogen-bond donors (Lipinski definition) is 2. The third kappa shape index (κ3) is 11.9. The summed E-state index contributed by atoms with van der Waals surface area (Å²) in [6.07, 6.45) is 1.17. The lowest BCUT2D eigenvalue weighted by molar-refractivity contribution is -0.122. The number of nitroso groups, excluding NO2 is 2. The van der Waals surface area contributed by atoms with E-state index in [-0.39, 0.29) is 121 Å². The fourth-order valence-electron chi connectivity index (χ4n) is 3.99. The summed E-state index contributed by atoms with van der Waals surface area (Å²) in [4.78, 5) is 69.6. The molecule has 0 spiro atoms. The number of ketones is 2. The summed E-state index contributed by atoms with van der Waals surface area (Å²) in [7, 11) is 2.82. The molecule has 2 N–H and O–H groups in total. The zero-order valence-electron chi connectivity index (χ0n) is 25.8. The molecule has 15 heteroatoms. The SMILES string of the molecule is COc1cc(C(C)=O)c(N=O)cc1OCCCC(=O)NCCOCCNC(=O)CCCOc1cc(N=O)c(C(C)=O)cc1OC. The second kappa shape index (κ2) is 19.4. The number of carbonyl (C=O) groups excluding carboxylic acids is 4. The molecule has 2 amide bonds. The topological polar surface area (TPSA) is 197 Å². The van der Waals surface area contributed by atoms with Crippen LogP contribution in [0.5, 0.6) is 23.0 Å². The van der Waals surface area contributed by atoms with Crippen LogP contribution < -0.4 is 29.6 Å². The maximum atomic E-state index is 12.1. The second-order valence-electron chi connectivity index (χ2n) is 9.55. The Bertz CT molecular complexity index is 1260. The van der Waals surface area contributed by atoms with Gasteiger partial charge in [-0.15, -0.1) is 9.81 Å². The van der Waals surface area contributed by atoms with Crippen molar-refractivity contribution in [3.63, 3.8) is 0 Å². The smallest absolute Gasteiger partial charge is 0.220 e. The van der Waals surface area contributed by atoms with E-state index in [1.165, 1.54) is 52.3 Å². The molecule has 0 fully saturated rings. The number of carbonyl (C=O) groups is 4. The van der Waals surface area contributed by atoms with Crippen molar-refractivity contribution in [2.75, 3.05) is 53.7 Å². The molecule has 0 bridgehead atoms. The Morgan fingerprint density at radius 2 is 1.02 bits per heavy atom. The molecule has 0 radical (unpaired) electrons. The highest BCUT2D eigenvalue weighted by atomic mass is 16.5. The highest BCUT2D eigenvalue weighted by Crippen LogP contribution is 2.36. The van der Waals surface area contributed by atoms with Crippen molar-refractivity contribution < 1.29 is 42.9 Å². The Morgan fingerprint density at radius 3 is 1.36 bits per heavy atom. The molecule has 0 aliphatic rings. The number of Topliss-reactive ketones (excluding diaryl/α,β-unsaturated/α-hetero) is 2. The van der Waals surface area contributed by atoms with Crippen LogP contribution in [-0.4, -0.2) is 77.1 Å². The van der Waals surface area contributed by atoms with Gasteiger partial charge < -0.3 is 34.3 Å². The van der Waals surface area contributed by atoms with Gasteiger partial charge in [0.25, 0.3) is 0 Å². The van der Waals surface area contributed by atoms with Crippen molar-refractivity contribution in [1.82, 2.24) is 10.6 Å². The number of amides is 2. The van der Waals surface area contributed by atoms with Crippen molar-refractivity contribution >= 4 is 34.8 Å². The molecule has 15 nitrogen and oxygen atoms in total. The van der Waals surface area contributed by atoms with Crippen LogP contribution in [0.2, 0.25) is 0 Å². The van der Waals surface area contributed by atoms with E-state index in [0.29, 0.717) is 12.8 Å². The maximum absolute atomic E-state index is 12.1. The van der Waals surface area contributed by atoms with Crippen molar-refractivity contribution in [2.24, 2.45) is 10.4 Å². The first kappa shape index (κ1) is 36.3. The van der Waals surface area contributed by atoms with Crippen LogP contribution in [0.1, 0.15) is 60.2 Å². The van der Waals surface area contributed by atoms with E-state index in [9.17, 15) is 29.0 Å². The summed E-state index contributed by atoms with van der Waals surface area (Å²) in [5.41, 5.74) is 0.162. The van der Waals surface area contributed by atoms with Crippen molar-refractivity contribution in [2.45, 2.75) is 39.5 Å². The van der Waals surface area contributed by atoms with E-state index in [0.717, 1.165) is 0 Å². The molecule has 0 unspecified atom stereocenters. The Labute approximate surface area is 260 Å². The minimum Gasteiger partial charge on any atom is -0.493 e. The summed E-state index contributed by atoms with van der Waals surface area (Å²) in [6, 6.07) is 5.45. The molecule has 45 heavy (non-hydrogen) atoms. The summed E-state index contributed by atoms with van der Waals surface area (Å²) >= 11 is 0. The minimum atomic E-state index is -0.328. The van der Waals surface area contributed by atoms with Crippen LogP contribution in [0, 0.1) is 9.81 Å². The van der Waals surface area contributed by atoms with Gasteiger partial charge in [0.15, 0.2) is 34.6 Å². The fraction of sp³-hybridized carbons (Fsp3) is 0.467. The molecular weight excluding hydrogens is 592 g/mol. The third-order valence-electron chi connectivity index (χ3n) is 6.27. The van der Waals surface area contributed by atoms with E-state index >= 15 is 0 Å². The average molecular weight is 631 g/mol. The number of benzene rings is 2. The van der Waals surface area contributed by atoms with Gasteiger partial charge in [0.05, 0.1) is 51.8 Å². The lowest BCUT2D eigenvalue weighted by Crippen LogP contribution is -2.30. The predicted molar refractivity (Wildman–Crippen MR) is 163 cm³/mol. The third-order valence-corrected chi connectivity index (χ3v) is 6.27. The largest absolute Gasteiger partial charge is 0.493 e. The van der Waals surface area contributed by atoms with Gasteiger partial charge >= 0.3 is 0 Å². The van der Waals surface area contributed by atoms with Gasteiger partial charge in [-0.1, -0.05) is 0 Å². The van der Waals surface area contributed by atoms with E-state index in [1.54, 1.807) is 0 Å². The Balaban J connectivity index is 1.55. The molecule has 0 saturated carbocycles. The number of nitrogens with zero attached hydrogens (tertiary/aromatic N) is 2. The van der Waals surface area contributed by atoms with Crippen LogP contribution in [0.25, 0.3) is 0 Å². The molecule has 0 aromatic heterocycles. The van der Waals surface area contributed by atoms with Crippen LogP contribution in [0.15, 0.2) is 34.6 Å². The lowest BCUT2D eigenvalue weighted by Gasteiger charge is -2.13. The van der Waals surface area contributed by atoms with E-state index in [2.05, 4.69) is 21.0 Å². The number of rotatable bonds is 22. The summed E-state index contributed by atoms with van der Waals surface area (Å²) in [5, 5.41) is 11.2. The van der Waals surface area contributed by atoms with Crippen LogP contribution in [0.3, 0.4) is 0 Å². The highest BCUT2D eigenvalue weighted by Gasteiger charge is 2.17. The van der Waals surface area contributed by atoms with E-state index in [1.807, 2.05) is 0 Å². The molecular formula is C30H38N4O11. The second-order valence-corrected chi connectivity index (χ2v) is 9.55. The van der Waals surface area contributed by atoms with E-state index in [4.69, 9.17) is 23.7 Å². The van der Waals surface area contributed by atoms with Gasteiger partial charge in [0.1, 0.15) is 11.4 Å². The van der Waals surface area contributed by atoms with Gasteiger partial charge in [-0.25, -0.2) is 0 Å².